The largest absolute Gasteiger partial charge is 0.325 e. The molecule has 0 unspecified atom stereocenters. The Morgan fingerprint density at radius 3 is 2.54 bits per heavy atom. The molecule has 1 aromatic carbocycles. The Morgan fingerprint density at radius 1 is 1.25 bits per heavy atom. The normalized spacial score (nSPS) is 11.5. The van der Waals surface area contributed by atoms with E-state index in [0.717, 1.165) is 4.31 Å². The highest BCUT2D eigenvalue weighted by molar-refractivity contribution is 7.99. The monoisotopic (exact) mass is 366 g/mol. The summed E-state index contributed by atoms with van der Waals surface area (Å²) in [4.78, 5) is 20.2. The number of nitrogens with one attached hydrogen (secondary N) is 1. The highest BCUT2D eigenvalue weighted by Crippen LogP contribution is 2.22. The molecular formula is C15H18N4O3S2. The van der Waals surface area contributed by atoms with Crippen molar-refractivity contribution in [1.29, 1.82) is 0 Å². The summed E-state index contributed by atoms with van der Waals surface area (Å²) in [7, 11) is -0.627. The van der Waals surface area contributed by atoms with Crippen molar-refractivity contribution in [2.75, 3.05) is 25.2 Å². The zero-order valence-corrected chi connectivity index (χ0v) is 15.2. The first kappa shape index (κ1) is 18.4. The maximum Gasteiger partial charge on any atom is 0.242 e. The van der Waals surface area contributed by atoms with Crippen LogP contribution in [0.15, 0.2) is 46.7 Å². The van der Waals surface area contributed by atoms with Crippen molar-refractivity contribution in [2.45, 2.75) is 17.0 Å². The Kier molecular flexibility index (Phi) is 5.92. The summed E-state index contributed by atoms with van der Waals surface area (Å²) < 4.78 is 25.7. The zero-order chi connectivity index (χ0) is 17.7. The topological polar surface area (TPSA) is 92.3 Å². The van der Waals surface area contributed by atoms with E-state index >= 15 is 0 Å². The van der Waals surface area contributed by atoms with Gasteiger partial charge in [-0.05, 0) is 30.7 Å². The number of benzene rings is 1. The summed E-state index contributed by atoms with van der Waals surface area (Å²) in [5.74, 6) is -0.127. The van der Waals surface area contributed by atoms with Gasteiger partial charge in [-0.25, -0.2) is 22.7 Å². The van der Waals surface area contributed by atoms with Crippen LogP contribution in [0.3, 0.4) is 0 Å². The van der Waals surface area contributed by atoms with E-state index in [0.29, 0.717) is 16.4 Å². The summed E-state index contributed by atoms with van der Waals surface area (Å²) in [5, 5.41) is 3.20. The predicted octanol–water partition coefficient (Wildman–Crippen LogP) is 1.77. The minimum absolute atomic E-state index is 0.133. The van der Waals surface area contributed by atoms with Crippen LogP contribution in [-0.4, -0.2) is 48.4 Å². The molecule has 1 amide bonds. The van der Waals surface area contributed by atoms with Crippen molar-refractivity contribution in [1.82, 2.24) is 14.3 Å². The fourth-order valence-corrected chi connectivity index (χ4v) is 3.59. The van der Waals surface area contributed by atoms with Crippen LogP contribution in [0, 0.1) is 6.92 Å². The molecule has 2 aromatic rings. The third-order valence-electron chi connectivity index (χ3n) is 3.10. The first-order chi connectivity index (χ1) is 11.3. The van der Waals surface area contributed by atoms with Crippen molar-refractivity contribution < 1.29 is 13.2 Å². The fraction of sp³-hybridized carbons (Fsp3) is 0.267. The average molecular weight is 366 g/mol. The number of hydrogen-bond donors (Lipinski definition) is 1. The number of carbonyl (C=O) groups excluding carboxylic acids is 1. The molecule has 0 radical (unpaired) electrons. The molecule has 24 heavy (non-hydrogen) atoms. The summed E-state index contributed by atoms with van der Waals surface area (Å²) in [6.45, 7) is 1.71. The number of thioether (sulfide) groups is 1. The smallest absolute Gasteiger partial charge is 0.242 e. The molecule has 9 heteroatoms. The number of aryl methyl sites for hydroxylation is 1. The molecule has 0 saturated carbocycles. The molecular weight excluding hydrogens is 348 g/mol. The van der Waals surface area contributed by atoms with Gasteiger partial charge in [-0.2, -0.15) is 0 Å². The zero-order valence-electron chi connectivity index (χ0n) is 13.6. The lowest BCUT2D eigenvalue weighted by molar-refractivity contribution is -0.113. The van der Waals surface area contributed by atoms with E-state index < -0.39 is 10.0 Å². The highest BCUT2D eigenvalue weighted by atomic mass is 32.2. The van der Waals surface area contributed by atoms with Crippen LogP contribution in [0.1, 0.15) is 5.56 Å². The molecule has 0 spiro atoms. The second kappa shape index (κ2) is 7.73. The standard InChI is InChI=1S/C15H18N4O3S2/c1-11-5-6-12(9-13(11)24(21,22)19(2)3)18-14(20)10-23-15-16-7-4-8-17-15/h4-9H,10H2,1-3H3,(H,18,20). The Labute approximate surface area is 145 Å². The molecule has 0 bridgehead atoms. The number of amides is 1. The second-order valence-corrected chi connectivity index (χ2v) is 8.20. The van der Waals surface area contributed by atoms with Crippen molar-refractivity contribution in [3.8, 4) is 0 Å². The van der Waals surface area contributed by atoms with E-state index in [1.54, 1.807) is 37.5 Å². The van der Waals surface area contributed by atoms with Gasteiger partial charge in [-0.1, -0.05) is 17.8 Å². The molecule has 7 nitrogen and oxygen atoms in total. The van der Waals surface area contributed by atoms with Gasteiger partial charge in [0.05, 0.1) is 10.6 Å². The van der Waals surface area contributed by atoms with Crippen molar-refractivity contribution in [2.24, 2.45) is 0 Å². The number of aromatic nitrogens is 2. The Balaban J connectivity index is 2.09. The third kappa shape index (κ3) is 4.53. The maximum atomic E-state index is 12.3. The van der Waals surface area contributed by atoms with Crippen LogP contribution in [0.2, 0.25) is 0 Å². The molecule has 0 aliphatic carbocycles. The van der Waals surface area contributed by atoms with Crippen LogP contribution >= 0.6 is 11.8 Å². The fourth-order valence-electron chi connectivity index (χ4n) is 1.84. The Hall–Kier alpha value is -1.97. The van der Waals surface area contributed by atoms with Gasteiger partial charge in [-0.3, -0.25) is 4.79 Å². The van der Waals surface area contributed by atoms with E-state index in [1.807, 2.05) is 0 Å². The molecule has 1 aromatic heterocycles. The third-order valence-corrected chi connectivity index (χ3v) is 5.94. The summed E-state index contributed by atoms with van der Waals surface area (Å²) in [5.41, 5.74) is 1.05. The molecule has 2 rings (SSSR count). The number of anilines is 1. The van der Waals surface area contributed by atoms with Crippen LogP contribution in [0.25, 0.3) is 0 Å². The van der Waals surface area contributed by atoms with Crippen LogP contribution in [0.5, 0.6) is 0 Å². The maximum absolute atomic E-state index is 12.3. The van der Waals surface area contributed by atoms with Crippen molar-refractivity contribution >= 4 is 33.4 Å². The molecule has 128 valence electrons. The number of hydrogen-bond acceptors (Lipinski definition) is 6. The Morgan fingerprint density at radius 2 is 1.92 bits per heavy atom. The quantitative estimate of drug-likeness (QED) is 0.619. The van der Waals surface area contributed by atoms with Crippen molar-refractivity contribution in [3.63, 3.8) is 0 Å². The summed E-state index contributed by atoms with van der Waals surface area (Å²) in [6, 6.07) is 6.50. The van der Waals surface area contributed by atoms with Gasteiger partial charge in [0.1, 0.15) is 0 Å². The molecule has 0 aliphatic heterocycles. The highest BCUT2D eigenvalue weighted by Gasteiger charge is 2.20. The number of rotatable bonds is 6. The first-order valence-electron chi connectivity index (χ1n) is 7.03. The molecule has 0 atom stereocenters. The van der Waals surface area contributed by atoms with Gasteiger partial charge in [0.15, 0.2) is 5.16 Å². The summed E-state index contributed by atoms with van der Waals surface area (Å²) in [6.07, 6.45) is 3.21. The molecule has 0 aliphatic rings. The first-order valence-corrected chi connectivity index (χ1v) is 9.46. The van der Waals surface area contributed by atoms with E-state index in [1.165, 1.54) is 31.9 Å². The molecule has 1 heterocycles. The average Bonchev–Trinajstić information content (AvgIpc) is 2.55. The number of nitrogens with zero attached hydrogens (tertiary/aromatic N) is 3. The molecule has 0 saturated heterocycles. The van der Waals surface area contributed by atoms with Gasteiger partial charge in [-0.15, -0.1) is 0 Å². The summed E-state index contributed by atoms with van der Waals surface area (Å²) >= 11 is 1.20. The van der Waals surface area contributed by atoms with E-state index in [9.17, 15) is 13.2 Å². The van der Waals surface area contributed by atoms with Crippen LogP contribution in [0.4, 0.5) is 5.69 Å². The van der Waals surface area contributed by atoms with Gasteiger partial charge in [0.25, 0.3) is 0 Å². The molecule has 1 N–H and O–H groups in total. The SMILES string of the molecule is Cc1ccc(NC(=O)CSc2ncccn2)cc1S(=O)(=O)N(C)C. The Bertz CT molecular complexity index is 824. The van der Waals surface area contributed by atoms with Gasteiger partial charge in [0, 0.05) is 32.2 Å². The van der Waals surface area contributed by atoms with E-state index in [2.05, 4.69) is 15.3 Å². The molecule has 0 fully saturated rings. The van der Waals surface area contributed by atoms with Gasteiger partial charge in [0.2, 0.25) is 15.9 Å². The lowest BCUT2D eigenvalue weighted by Gasteiger charge is -2.15. The van der Waals surface area contributed by atoms with Crippen molar-refractivity contribution in [3.05, 3.63) is 42.2 Å². The number of carbonyl (C=O) groups is 1. The minimum Gasteiger partial charge on any atom is -0.325 e. The lowest BCUT2D eigenvalue weighted by Crippen LogP contribution is -2.23. The van der Waals surface area contributed by atoms with Gasteiger partial charge >= 0.3 is 0 Å². The van der Waals surface area contributed by atoms with Crippen LogP contribution in [-0.2, 0) is 14.8 Å². The van der Waals surface area contributed by atoms with Gasteiger partial charge < -0.3 is 5.32 Å². The predicted molar refractivity (Wildman–Crippen MR) is 93.4 cm³/mol. The van der Waals surface area contributed by atoms with E-state index in [4.69, 9.17) is 0 Å². The van der Waals surface area contributed by atoms with Crippen LogP contribution < -0.4 is 5.32 Å². The van der Waals surface area contributed by atoms with E-state index in [-0.39, 0.29) is 16.6 Å². The number of sulfonamides is 1. The minimum atomic E-state index is -3.56. The lowest BCUT2D eigenvalue weighted by atomic mass is 10.2. The second-order valence-electron chi connectivity index (χ2n) is 5.14.